The van der Waals surface area contributed by atoms with Crippen molar-refractivity contribution >= 4 is 44.0 Å². The molecule has 1 aromatic carbocycles. The molecule has 0 aliphatic heterocycles. The summed E-state index contributed by atoms with van der Waals surface area (Å²) in [7, 11) is 1.53. The number of rotatable bonds is 5. The van der Waals surface area contributed by atoms with Gasteiger partial charge in [0.1, 0.15) is 5.75 Å². The summed E-state index contributed by atoms with van der Waals surface area (Å²) in [6.07, 6.45) is 1.39. The smallest absolute Gasteiger partial charge is 0.344 e. The quantitative estimate of drug-likeness (QED) is 0.642. The minimum absolute atomic E-state index is 0.478. The average molecular weight is 367 g/mol. The molecule has 17 heavy (non-hydrogen) atoms. The number of carboxylic acids is 1. The minimum Gasteiger partial charge on any atom is -0.495 e. The number of aliphatic carboxylic acids is 1. The zero-order chi connectivity index (χ0) is 12.8. The molecule has 1 N–H and O–H groups in total. The van der Waals surface area contributed by atoms with Gasteiger partial charge in [0, 0.05) is 10.0 Å². The highest BCUT2D eigenvalue weighted by Gasteiger charge is 2.07. The predicted octanol–water partition coefficient (Wildman–Crippen LogP) is 2.66. The molecule has 0 unspecified atom stereocenters. The molecule has 0 amide bonds. The summed E-state index contributed by atoms with van der Waals surface area (Å²) in [6.45, 7) is -0.478. The predicted molar refractivity (Wildman–Crippen MR) is 69.6 cm³/mol. The lowest BCUT2D eigenvalue weighted by Gasteiger charge is -2.07. The topological polar surface area (TPSA) is 68.1 Å². The van der Waals surface area contributed by atoms with E-state index in [1.807, 2.05) is 6.07 Å². The zero-order valence-corrected chi connectivity index (χ0v) is 12.0. The standard InChI is InChI=1S/C10H9Br2NO4/c1-16-10-6(2-7(11)3-8(10)12)4-13-17-5-9(14)15/h2-4H,5H2,1H3,(H,14,15). The molecule has 0 radical (unpaired) electrons. The number of carboxylic acid groups (broad SMARTS) is 1. The highest BCUT2D eigenvalue weighted by molar-refractivity contribution is 9.11. The fourth-order valence-electron chi connectivity index (χ4n) is 1.08. The van der Waals surface area contributed by atoms with E-state index >= 15 is 0 Å². The molecular weight excluding hydrogens is 358 g/mol. The Labute approximate surface area is 115 Å². The Balaban J connectivity index is 2.85. The number of carbonyl (C=O) groups is 1. The van der Waals surface area contributed by atoms with Crippen molar-refractivity contribution < 1.29 is 19.5 Å². The third-order valence-electron chi connectivity index (χ3n) is 1.70. The summed E-state index contributed by atoms with van der Waals surface area (Å²) in [6, 6.07) is 3.60. The zero-order valence-electron chi connectivity index (χ0n) is 8.81. The molecule has 1 rings (SSSR count). The third-order valence-corrected chi connectivity index (χ3v) is 2.74. The van der Waals surface area contributed by atoms with E-state index in [0.29, 0.717) is 11.3 Å². The SMILES string of the molecule is COc1c(Br)cc(Br)cc1C=NOCC(=O)O. The van der Waals surface area contributed by atoms with Crippen LogP contribution in [0.4, 0.5) is 0 Å². The second-order valence-corrected chi connectivity index (χ2v) is 4.68. The Morgan fingerprint density at radius 2 is 2.24 bits per heavy atom. The molecule has 1 aromatic rings. The van der Waals surface area contributed by atoms with E-state index in [4.69, 9.17) is 9.84 Å². The number of halogens is 2. The van der Waals surface area contributed by atoms with Crippen LogP contribution in [0, 0.1) is 0 Å². The first kappa shape index (κ1) is 14.0. The first-order valence-electron chi connectivity index (χ1n) is 4.44. The van der Waals surface area contributed by atoms with Crippen molar-refractivity contribution in [3.63, 3.8) is 0 Å². The van der Waals surface area contributed by atoms with Gasteiger partial charge in [-0.25, -0.2) is 4.79 Å². The van der Waals surface area contributed by atoms with Crippen LogP contribution in [0.3, 0.4) is 0 Å². The molecule has 0 spiro atoms. The second kappa shape index (κ2) is 6.61. The van der Waals surface area contributed by atoms with Gasteiger partial charge < -0.3 is 14.7 Å². The monoisotopic (exact) mass is 365 g/mol. The molecular formula is C10H9Br2NO4. The van der Waals surface area contributed by atoms with Gasteiger partial charge in [0.2, 0.25) is 6.61 Å². The fraction of sp³-hybridized carbons (Fsp3) is 0.200. The van der Waals surface area contributed by atoms with Crippen LogP contribution in [0.15, 0.2) is 26.2 Å². The van der Waals surface area contributed by atoms with E-state index in [0.717, 1.165) is 8.95 Å². The van der Waals surface area contributed by atoms with Crippen LogP contribution < -0.4 is 4.74 Å². The maximum absolute atomic E-state index is 10.2. The molecule has 0 aliphatic carbocycles. The number of hydrogen-bond acceptors (Lipinski definition) is 4. The highest BCUT2D eigenvalue weighted by atomic mass is 79.9. The van der Waals surface area contributed by atoms with Crippen LogP contribution in [0.2, 0.25) is 0 Å². The van der Waals surface area contributed by atoms with Crippen molar-refractivity contribution in [1.82, 2.24) is 0 Å². The molecule has 0 bridgehead atoms. The van der Waals surface area contributed by atoms with Crippen LogP contribution in [-0.2, 0) is 9.63 Å². The fourth-order valence-corrected chi connectivity index (χ4v) is 2.50. The molecule has 92 valence electrons. The van der Waals surface area contributed by atoms with E-state index in [9.17, 15) is 4.79 Å². The van der Waals surface area contributed by atoms with E-state index in [1.165, 1.54) is 13.3 Å². The van der Waals surface area contributed by atoms with Gasteiger partial charge >= 0.3 is 5.97 Å². The molecule has 5 nitrogen and oxygen atoms in total. The second-order valence-electron chi connectivity index (χ2n) is 2.91. The lowest BCUT2D eigenvalue weighted by molar-refractivity contribution is -0.142. The van der Waals surface area contributed by atoms with Gasteiger partial charge in [0.15, 0.2) is 0 Å². The van der Waals surface area contributed by atoms with Gasteiger partial charge in [-0.1, -0.05) is 21.1 Å². The highest BCUT2D eigenvalue weighted by Crippen LogP contribution is 2.31. The Hall–Kier alpha value is -1.08. The van der Waals surface area contributed by atoms with Crippen LogP contribution in [0.1, 0.15) is 5.56 Å². The van der Waals surface area contributed by atoms with Crippen molar-refractivity contribution in [3.8, 4) is 5.75 Å². The van der Waals surface area contributed by atoms with Gasteiger partial charge in [0.05, 0.1) is 17.8 Å². The van der Waals surface area contributed by atoms with Crippen molar-refractivity contribution in [3.05, 3.63) is 26.6 Å². The summed E-state index contributed by atoms with van der Waals surface area (Å²) < 4.78 is 6.77. The molecule has 0 aromatic heterocycles. The van der Waals surface area contributed by atoms with Gasteiger partial charge in [-0.3, -0.25) is 0 Å². The van der Waals surface area contributed by atoms with Crippen molar-refractivity contribution in [1.29, 1.82) is 0 Å². The molecule has 0 aliphatic rings. The average Bonchev–Trinajstić information content (AvgIpc) is 2.23. The van der Waals surface area contributed by atoms with Gasteiger partial charge in [-0.2, -0.15) is 0 Å². The molecule has 0 fully saturated rings. The number of methoxy groups -OCH3 is 1. The molecule has 0 saturated heterocycles. The first-order chi connectivity index (χ1) is 8.04. The molecule has 0 heterocycles. The lowest BCUT2D eigenvalue weighted by atomic mass is 10.2. The summed E-state index contributed by atoms with van der Waals surface area (Å²) in [5.41, 5.74) is 0.666. The van der Waals surface area contributed by atoms with E-state index < -0.39 is 12.6 Å². The van der Waals surface area contributed by atoms with Gasteiger partial charge in [-0.05, 0) is 28.1 Å². The maximum atomic E-state index is 10.2. The summed E-state index contributed by atoms with van der Waals surface area (Å²) in [5, 5.41) is 11.9. The minimum atomic E-state index is -1.08. The Morgan fingerprint density at radius 1 is 1.53 bits per heavy atom. The van der Waals surface area contributed by atoms with Crippen molar-refractivity contribution in [2.24, 2.45) is 5.16 Å². The van der Waals surface area contributed by atoms with Crippen molar-refractivity contribution in [2.45, 2.75) is 0 Å². The first-order valence-corrected chi connectivity index (χ1v) is 6.03. The number of oxime groups is 1. The third kappa shape index (κ3) is 4.35. The number of nitrogens with zero attached hydrogens (tertiary/aromatic N) is 1. The Bertz CT molecular complexity index is 448. The van der Waals surface area contributed by atoms with E-state index in [-0.39, 0.29) is 0 Å². The van der Waals surface area contributed by atoms with Crippen LogP contribution in [-0.4, -0.2) is 31.0 Å². The number of hydrogen-bond donors (Lipinski definition) is 1. The summed E-state index contributed by atoms with van der Waals surface area (Å²) >= 11 is 6.67. The molecule has 7 heteroatoms. The van der Waals surface area contributed by atoms with E-state index in [2.05, 4.69) is 41.9 Å². The van der Waals surface area contributed by atoms with Crippen LogP contribution in [0.25, 0.3) is 0 Å². The van der Waals surface area contributed by atoms with Gasteiger partial charge in [0.25, 0.3) is 0 Å². The van der Waals surface area contributed by atoms with Crippen molar-refractivity contribution in [2.75, 3.05) is 13.7 Å². The molecule has 0 atom stereocenters. The summed E-state index contributed by atoms with van der Waals surface area (Å²) in [4.78, 5) is 14.8. The number of benzene rings is 1. The van der Waals surface area contributed by atoms with Crippen LogP contribution >= 0.6 is 31.9 Å². The summed E-state index contributed by atoms with van der Waals surface area (Å²) in [5.74, 6) is -0.486. The Morgan fingerprint density at radius 3 is 2.82 bits per heavy atom. The number of ether oxygens (including phenoxy) is 1. The lowest BCUT2D eigenvalue weighted by Crippen LogP contribution is -2.03. The molecule has 0 saturated carbocycles. The largest absolute Gasteiger partial charge is 0.495 e. The Kier molecular flexibility index (Phi) is 5.43. The maximum Gasteiger partial charge on any atom is 0.344 e. The normalized spacial score (nSPS) is 10.5. The van der Waals surface area contributed by atoms with Crippen LogP contribution in [0.5, 0.6) is 5.75 Å². The van der Waals surface area contributed by atoms with Gasteiger partial charge in [-0.15, -0.1) is 0 Å². The van der Waals surface area contributed by atoms with E-state index in [1.54, 1.807) is 6.07 Å².